The van der Waals surface area contributed by atoms with Crippen molar-refractivity contribution >= 4 is 15.7 Å². The molecule has 0 aliphatic heterocycles. The molecule has 9 heteroatoms. The van der Waals surface area contributed by atoms with Gasteiger partial charge in [0.1, 0.15) is 11.5 Å². The Hall–Kier alpha value is -3.43. The zero-order chi connectivity index (χ0) is 23.4. The van der Waals surface area contributed by atoms with Crippen LogP contribution in [0, 0.1) is 0 Å². The highest BCUT2D eigenvalue weighted by molar-refractivity contribution is 7.92. The average Bonchev–Trinajstić information content (AvgIpc) is 2.78. The van der Waals surface area contributed by atoms with Crippen molar-refractivity contribution in [2.75, 3.05) is 6.26 Å². The van der Waals surface area contributed by atoms with E-state index >= 15 is 0 Å². The molecule has 0 saturated carbocycles. The third-order valence-electron chi connectivity index (χ3n) is 5.39. The predicted molar refractivity (Wildman–Crippen MR) is 120 cm³/mol. The van der Waals surface area contributed by atoms with Crippen LogP contribution in [0.15, 0.2) is 77.7 Å². The van der Waals surface area contributed by atoms with Crippen molar-refractivity contribution in [3.05, 3.63) is 83.3 Å². The number of pyridine rings is 1. The second-order valence-electron chi connectivity index (χ2n) is 7.58. The molecule has 32 heavy (non-hydrogen) atoms. The Balaban J connectivity index is 1.75. The van der Waals surface area contributed by atoms with Crippen molar-refractivity contribution in [2.24, 2.45) is 0 Å². The van der Waals surface area contributed by atoms with Crippen LogP contribution < -0.4 is 15.8 Å². The molecule has 0 radical (unpaired) electrons. The molecular weight excluding hydrogens is 432 g/mol. The number of aryl methyl sites for hydroxylation is 1. The molecule has 1 unspecified atom stereocenters. The summed E-state index contributed by atoms with van der Waals surface area (Å²) in [4.78, 5) is 24.5. The van der Waals surface area contributed by atoms with E-state index in [4.69, 9.17) is 9.94 Å². The zero-order valence-corrected chi connectivity index (χ0v) is 18.5. The average molecular weight is 457 g/mol. The fourth-order valence-electron chi connectivity index (χ4n) is 3.13. The summed E-state index contributed by atoms with van der Waals surface area (Å²) in [6.07, 6.45) is 2.29. The number of benzene rings is 2. The predicted octanol–water partition coefficient (Wildman–Crippen LogP) is 3.01. The maximum atomic E-state index is 12.6. The Labute approximate surface area is 186 Å². The number of amides is 1. The molecule has 2 aromatic carbocycles. The standard InChI is InChI=1S/C23H24N2O6S/c1-23(22(27)24-28,32(2,29)30)13-15-25-14-12-18(16-21(25)26)17-8-10-20(11-9-17)31-19-6-4-3-5-7-19/h3-12,14,16,28H,13,15H2,1-2H3,(H,24,27). The number of hydroxylamine groups is 1. The van der Waals surface area contributed by atoms with Crippen molar-refractivity contribution in [3.63, 3.8) is 0 Å². The van der Waals surface area contributed by atoms with Crippen molar-refractivity contribution in [3.8, 4) is 22.6 Å². The van der Waals surface area contributed by atoms with Crippen LogP contribution in [0.25, 0.3) is 11.1 Å². The van der Waals surface area contributed by atoms with E-state index in [1.807, 2.05) is 42.5 Å². The third-order valence-corrected chi connectivity index (χ3v) is 7.42. The van der Waals surface area contributed by atoms with Gasteiger partial charge < -0.3 is 9.30 Å². The SMILES string of the molecule is CC(CCn1ccc(-c2ccc(Oc3ccccc3)cc2)cc1=O)(C(=O)NO)S(C)(=O)=O. The second-order valence-corrected chi connectivity index (χ2v) is 10.0. The smallest absolute Gasteiger partial charge is 0.264 e. The number of rotatable bonds is 8. The number of hydrogen-bond acceptors (Lipinski definition) is 6. The molecule has 1 amide bonds. The van der Waals surface area contributed by atoms with E-state index in [1.165, 1.54) is 23.0 Å². The topological polar surface area (TPSA) is 115 Å². The third kappa shape index (κ3) is 5.06. The molecule has 0 fully saturated rings. The number of para-hydroxylation sites is 1. The minimum absolute atomic E-state index is 0.0139. The van der Waals surface area contributed by atoms with Gasteiger partial charge in [0.25, 0.3) is 11.5 Å². The molecule has 1 aromatic heterocycles. The molecule has 1 atom stereocenters. The van der Waals surface area contributed by atoms with Gasteiger partial charge in [0.2, 0.25) is 0 Å². The van der Waals surface area contributed by atoms with Crippen LogP contribution in [0.2, 0.25) is 0 Å². The molecular formula is C23H24N2O6S. The summed E-state index contributed by atoms with van der Waals surface area (Å²) >= 11 is 0. The summed E-state index contributed by atoms with van der Waals surface area (Å²) in [5.41, 5.74) is 2.56. The molecule has 8 nitrogen and oxygen atoms in total. The van der Waals surface area contributed by atoms with E-state index in [0.29, 0.717) is 11.3 Å². The summed E-state index contributed by atoms with van der Waals surface area (Å²) < 4.78 is 29.4. The Kier molecular flexibility index (Phi) is 6.81. The highest BCUT2D eigenvalue weighted by atomic mass is 32.2. The van der Waals surface area contributed by atoms with Gasteiger partial charge in [-0.2, -0.15) is 0 Å². The van der Waals surface area contributed by atoms with Gasteiger partial charge >= 0.3 is 0 Å². The van der Waals surface area contributed by atoms with Gasteiger partial charge in [-0.25, -0.2) is 13.9 Å². The lowest BCUT2D eigenvalue weighted by atomic mass is 10.1. The van der Waals surface area contributed by atoms with E-state index in [0.717, 1.165) is 17.6 Å². The lowest BCUT2D eigenvalue weighted by Gasteiger charge is -2.25. The van der Waals surface area contributed by atoms with E-state index < -0.39 is 20.5 Å². The van der Waals surface area contributed by atoms with Gasteiger partial charge in [0.05, 0.1) is 0 Å². The summed E-state index contributed by atoms with van der Waals surface area (Å²) in [6.45, 7) is 1.20. The number of nitrogens with zero attached hydrogens (tertiary/aromatic N) is 1. The second kappa shape index (κ2) is 9.37. The van der Waals surface area contributed by atoms with E-state index in [-0.39, 0.29) is 18.5 Å². The number of ether oxygens (including phenoxy) is 1. The monoisotopic (exact) mass is 456 g/mol. The van der Waals surface area contributed by atoms with Gasteiger partial charge in [-0.3, -0.25) is 14.8 Å². The number of nitrogens with one attached hydrogen (secondary N) is 1. The van der Waals surface area contributed by atoms with Crippen molar-refractivity contribution in [1.29, 1.82) is 0 Å². The first kappa shape index (κ1) is 23.2. The van der Waals surface area contributed by atoms with Gasteiger partial charge in [-0.1, -0.05) is 30.3 Å². The van der Waals surface area contributed by atoms with Crippen LogP contribution in [-0.4, -0.2) is 35.1 Å². The maximum absolute atomic E-state index is 12.6. The van der Waals surface area contributed by atoms with E-state index in [1.54, 1.807) is 24.4 Å². The highest BCUT2D eigenvalue weighted by Crippen LogP contribution is 2.26. The van der Waals surface area contributed by atoms with Crippen LogP contribution in [-0.2, 0) is 21.2 Å². The Bertz CT molecular complexity index is 1250. The Morgan fingerprint density at radius 1 is 1.03 bits per heavy atom. The molecule has 0 saturated heterocycles. The Morgan fingerprint density at radius 2 is 1.66 bits per heavy atom. The molecule has 3 rings (SSSR count). The fourth-order valence-corrected chi connectivity index (χ4v) is 3.98. The van der Waals surface area contributed by atoms with Crippen molar-refractivity contribution in [1.82, 2.24) is 10.0 Å². The molecule has 168 valence electrons. The molecule has 2 N–H and O–H groups in total. The quantitative estimate of drug-likeness (QED) is 0.398. The number of sulfone groups is 1. The molecule has 0 spiro atoms. The first-order valence-corrected chi connectivity index (χ1v) is 11.7. The molecule has 1 heterocycles. The molecule has 0 aliphatic carbocycles. The minimum atomic E-state index is -3.84. The Morgan fingerprint density at radius 3 is 2.22 bits per heavy atom. The number of carbonyl (C=O) groups is 1. The minimum Gasteiger partial charge on any atom is -0.457 e. The number of hydrogen-bond donors (Lipinski definition) is 2. The summed E-state index contributed by atoms with van der Waals surface area (Å²) in [5, 5.41) is 8.91. The lowest BCUT2D eigenvalue weighted by molar-refractivity contribution is -0.131. The van der Waals surface area contributed by atoms with Gasteiger partial charge in [0, 0.05) is 25.1 Å². The highest BCUT2D eigenvalue weighted by Gasteiger charge is 2.43. The van der Waals surface area contributed by atoms with Crippen molar-refractivity contribution in [2.45, 2.75) is 24.6 Å². The lowest BCUT2D eigenvalue weighted by Crippen LogP contribution is -2.49. The first-order chi connectivity index (χ1) is 15.1. The molecule has 0 aliphatic rings. The number of carbonyl (C=O) groups excluding carboxylic acids is 1. The fraction of sp³-hybridized carbons (Fsp3) is 0.217. The van der Waals surface area contributed by atoms with Crippen LogP contribution in [0.1, 0.15) is 13.3 Å². The van der Waals surface area contributed by atoms with Crippen LogP contribution in [0.4, 0.5) is 0 Å². The maximum Gasteiger partial charge on any atom is 0.264 e. The molecule has 3 aromatic rings. The largest absolute Gasteiger partial charge is 0.457 e. The summed E-state index contributed by atoms with van der Waals surface area (Å²) in [7, 11) is -3.84. The van der Waals surface area contributed by atoms with Gasteiger partial charge in [-0.15, -0.1) is 0 Å². The van der Waals surface area contributed by atoms with Gasteiger partial charge in [-0.05, 0) is 54.8 Å². The van der Waals surface area contributed by atoms with Gasteiger partial charge in [0.15, 0.2) is 14.6 Å². The summed E-state index contributed by atoms with van der Waals surface area (Å²) in [5.74, 6) is 0.344. The first-order valence-electron chi connectivity index (χ1n) is 9.82. The van der Waals surface area contributed by atoms with Crippen LogP contribution >= 0.6 is 0 Å². The normalized spacial score (nSPS) is 13.2. The molecule has 0 bridgehead atoms. The zero-order valence-electron chi connectivity index (χ0n) is 17.7. The summed E-state index contributed by atoms with van der Waals surface area (Å²) in [6, 6.07) is 19.8. The number of aromatic nitrogens is 1. The van der Waals surface area contributed by atoms with E-state index in [2.05, 4.69) is 0 Å². The van der Waals surface area contributed by atoms with Crippen molar-refractivity contribution < 1.29 is 23.2 Å². The van der Waals surface area contributed by atoms with Crippen LogP contribution in [0.5, 0.6) is 11.5 Å². The van der Waals surface area contributed by atoms with Crippen LogP contribution in [0.3, 0.4) is 0 Å². The van der Waals surface area contributed by atoms with E-state index in [9.17, 15) is 18.0 Å².